The summed E-state index contributed by atoms with van der Waals surface area (Å²) in [5.41, 5.74) is 0. The van der Waals surface area contributed by atoms with E-state index in [0.717, 1.165) is 0 Å². The first-order valence-corrected chi connectivity index (χ1v) is 7.86. The second-order valence-corrected chi connectivity index (χ2v) is 5.57. The average Bonchev–Trinajstić information content (AvgIpc) is 2.59. The molecule has 26 heavy (non-hydrogen) atoms. The molecule has 0 aliphatic carbocycles. The molecule has 0 aromatic carbocycles. The van der Waals surface area contributed by atoms with Crippen molar-refractivity contribution in [2.24, 2.45) is 0 Å². The maximum atomic E-state index is 11.8. The van der Waals surface area contributed by atoms with Crippen molar-refractivity contribution in [1.82, 2.24) is 31.9 Å². The van der Waals surface area contributed by atoms with E-state index in [1.165, 1.54) is 13.8 Å². The Morgan fingerprint density at radius 2 is 0.846 bits per heavy atom. The molecule has 1 aliphatic heterocycles. The fourth-order valence-electron chi connectivity index (χ4n) is 1.84. The van der Waals surface area contributed by atoms with Crippen LogP contribution in [-0.2, 0) is 28.8 Å². The molecule has 0 bridgehead atoms. The highest BCUT2D eigenvalue weighted by atomic mass is 16.2. The zero-order chi connectivity index (χ0) is 19.7. The zero-order valence-electron chi connectivity index (χ0n) is 14.4. The van der Waals surface area contributed by atoms with Gasteiger partial charge in [-0.1, -0.05) is 0 Å². The van der Waals surface area contributed by atoms with Gasteiger partial charge in [-0.25, -0.2) is 0 Å². The molecule has 2 atom stereocenters. The summed E-state index contributed by atoms with van der Waals surface area (Å²) in [6.07, 6.45) is 0. The monoisotopic (exact) mass is 370 g/mol. The maximum Gasteiger partial charge on any atom is 0.242 e. The lowest BCUT2D eigenvalue weighted by Gasteiger charge is -2.17. The van der Waals surface area contributed by atoms with Gasteiger partial charge in [0.15, 0.2) is 0 Å². The molecule has 0 aromatic rings. The number of nitrogens with one attached hydrogen (secondary N) is 6. The van der Waals surface area contributed by atoms with Crippen LogP contribution in [0.5, 0.6) is 0 Å². The van der Waals surface area contributed by atoms with Crippen LogP contribution in [0.4, 0.5) is 0 Å². The van der Waals surface area contributed by atoms with E-state index < -0.39 is 54.1 Å². The van der Waals surface area contributed by atoms with Crippen LogP contribution in [0.25, 0.3) is 0 Å². The summed E-state index contributed by atoms with van der Waals surface area (Å²) < 4.78 is 0. The molecule has 0 aromatic heterocycles. The van der Waals surface area contributed by atoms with Crippen LogP contribution >= 0.6 is 0 Å². The lowest BCUT2D eigenvalue weighted by Crippen LogP contribution is -2.53. The van der Waals surface area contributed by atoms with Crippen LogP contribution in [0.2, 0.25) is 0 Å². The fourth-order valence-corrected chi connectivity index (χ4v) is 1.84. The Balaban J connectivity index is 2.73. The van der Waals surface area contributed by atoms with Crippen LogP contribution in [0, 0.1) is 0 Å². The van der Waals surface area contributed by atoms with Crippen molar-refractivity contribution in [2.75, 3.05) is 26.2 Å². The van der Waals surface area contributed by atoms with Crippen LogP contribution in [-0.4, -0.2) is 73.7 Å². The van der Waals surface area contributed by atoms with E-state index >= 15 is 0 Å². The molecule has 12 nitrogen and oxygen atoms in total. The molecule has 1 aliphatic rings. The Morgan fingerprint density at radius 3 is 1.27 bits per heavy atom. The van der Waals surface area contributed by atoms with E-state index in [-0.39, 0.29) is 19.6 Å². The topological polar surface area (TPSA) is 175 Å². The summed E-state index contributed by atoms with van der Waals surface area (Å²) in [5.74, 6) is -3.66. The SMILES string of the molecule is CC1NC(=O)CNC(=O)CNC(=O)CNC(=O)C(C)NC(=O)CNC1=O. The molecule has 1 heterocycles. The Morgan fingerprint density at radius 1 is 0.538 bits per heavy atom. The van der Waals surface area contributed by atoms with E-state index in [4.69, 9.17) is 0 Å². The zero-order valence-corrected chi connectivity index (χ0v) is 14.4. The average molecular weight is 370 g/mol. The summed E-state index contributed by atoms with van der Waals surface area (Å²) in [6, 6.07) is -1.88. The molecule has 1 saturated heterocycles. The summed E-state index contributed by atoms with van der Waals surface area (Å²) in [4.78, 5) is 70.1. The standard InChI is InChI=1S/C14H22N6O6/c1-7-13(25)17-4-10(22)15-3-9(21)16-5-11(23)19-8(2)14(26)18-6-12(24)20-7/h7-8H,3-6H2,1-2H3,(H,15,22)(H,16,21)(H,17,25)(H,18,26)(H,19,23)(H,20,24). The molecule has 0 saturated carbocycles. The second-order valence-electron chi connectivity index (χ2n) is 5.57. The first-order valence-electron chi connectivity index (χ1n) is 7.86. The Kier molecular flexibility index (Phi) is 7.99. The summed E-state index contributed by atoms with van der Waals surface area (Å²) in [5, 5.41) is 13.8. The van der Waals surface area contributed by atoms with E-state index in [1.807, 2.05) is 0 Å². The largest absolute Gasteiger partial charge is 0.346 e. The molecular formula is C14H22N6O6. The lowest BCUT2D eigenvalue weighted by atomic mass is 10.3. The van der Waals surface area contributed by atoms with Crippen LogP contribution in [0.3, 0.4) is 0 Å². The molecule has 144 valence electrons. The molecule has 0 spiro atoms. The molecule has 1 rings (SSSR count). The van der Waals surface area contributed by atoms with Gasteiger partial charge in [0.05, 0.1) is 26.2 Å². The van der Waals surface area contributed by atoms with E-state index in [0.29, 0.717) is 0 Å². The highest BCUT2D eigenvalue weighted by Gasteiger charge is 2.20. The van der Waals surface area contributed by atoms with Gasteiger partial charge in [0.2, 0.25) is 35.4 Å². The first-order chi connectivity index (χ1) is 12.2. The number of carbonyl (C=O) groups is 6. The minimum Gasteiger partial charge on any atom is -0.346 e. The van der Waals surface area contributed by atoms with Crippen molar-refractivity contribution in [3.05, 3.63) is 0 Å². The van der Waals surface area contributed by atoms with Gasteiger partial charge in [-0.3, -0.25) is 28.8 Å². The highest BCUT2D eigenvalue weighted by molar-refractivity contribution is 5.94. The lowest BCUT2D eigenvalue weighted by molar-refractivity contribution is -0.132. The number of amides is 6. The predicted molar refractivity (Wildman–Crippen MR) is 87.2 cm³/mol. The summed E-state index contributed by atoms with van der Waals surface area (Å²) >= 11 is 0. The predicted octanol–water partition coefficient (Wildman–Crippen LogP) is -4.53. The van der Waals surface area contributed by atoms with Gasteiger partial charge in [0.1, 0.15) is 12.1 Å². The minimum atomic E-state index is -0.938. The van der Waals surface area contributed by atoms with Gasteiger partial charge in [-0.2, -0.15) is 0 Å². The highest BCUT2D eigenvalue weighted by Crippen LogP contribution is 1.85. The van der Waals surface area contributed by atoms with Gasteiger partial charge in [0, 0.05) is 0 Å². The van der Waals surface area contributed by atoms with Gasteiger partial charge >= 0.3 is 0 Å². The van der Waals surface area contributed by atoms with Crippen LogP contribution < -0.4 is 31.9 Å². The van der Waals surface area contributed by atoms with Gasteiger partial charge < -0.3 is 31.9 Å². The Bertz CT molecular complexity index is 607. The van der Waals surface area contributed by atoms with Crippen molar-refractivity contribution < 1.29 is 28.8 Å². The van der Waals surface area contributed by atoms with Crippen molar-refractivity contribution in [3.63, 3.8) is 0 Å². The maximum absolute atomic E-state index is 11.8. The number of hydrogen-bond donors (Lipinski definition) is 6. The number of hydrogen-bond acceptors (Lipinski definition) is 6. The molecule has 0 radical (unpaired) electrons. The summed E-state index contributed by atoms with van der Waals surface area (Å²) in [6.45, 7) is 1.25. The van der Waals surface area contributed by atoms with Crippen molar-refractivity contribution in [2.45, 2.75) is 25.9 Å². The van der Waals surface area contributed by atoms with Crippen LogP contribution in [0.1, 0.15) is 13.8 Å². The second kappa shape index (κ2) is 9.96. The van der Waals surface area contributed by atoms with E-state index in [2.05, 4.69) is 31.9 Å². The third kappa shape index (κ3) is 7.59. The molecular weight excluding hydrogens is 348 g/mol. The van der Waals surface area contributed by atoms with Gasteiger partial charge in [-0.05, 0) is 13.8 Å². The number of rotatable bonds is 0. The van der Waals surface area contributed by atoms with Crippen molar-refractivity contribution in [1.29, 1.82) is 0 Å². The molecule has 1 fully saturated rings. The van der Waals surface area contributed by atoms with Gasteiger partial charge in [0.25, 0.3) is 0 Å². The molecule has 6 N–H and O–H groups in total. The normalized spacial score (nSPS) is 24.7. The smallest absolute Gasteiger partial charge is 0.242 e. The van der Waals surface area contributed by atoms with E-state index in [9.17, 15) is 28.8 Å². The van der Waals surface area contributed by atoms with Crippen molar-refractivity contribution >= 4 is 35.4 Å². The molecule has 2 unspecified atom stereocenters. The quantitative estimate of drug-likeness (QED) is 0.250. The van der Waals surface area contributed by atoms with E-state index in [1.54, 1.807) is 0 Å². The number of carbonyl (C=O) groups excluding carboxylic acids is 6. The minimum absolute atomic E-state index is 0.385. The molecule has 12 heteroatoms. The van der Waals surface area contributed by atoms with Gasteiger partial charge in [-0.15, -0.1) is 0 Å². The van der Waals surface area contributed by atoms with Crippen LogP contribution in [0.15, 0.2) is 0 Å². The first kappa shape index (κ1) is 20.9. The van der Waals surface area contributed by atoms with Crippen molar-refractivity contribution in [3.8, 4) is 0 Å². The Labute approximate surface area is 149 Å². The third-order valence-electron chi connectivity index (χ3n) is 3.28. The third-order valence-corrected chi connectivity index (χ3v) is 3.28. The fraction of sp³-hybridized carbons (Fsp3) is 0.571. The molecule has 6 amide bonds. The Hall–Kier alpha value is -3.18. The summed E-state index contributed by atoms with van der Waals surface area (Å²) in [7, 11) is 0.